The number of ether oxygens (including phenoxy) is 1. The van der Waals surface area contributed by atoms with Crippen molar-refractivity contribution < 1.29 is 9.94 Å². The first-order chi connectivity index (χ1) is 10.2. The van der Waals surface area contributed by atoms with E-state index < -0.39 is 0 Å². The second-order valence-electron chi connectivity index (χ2n) is 4.62. The third kappa shape index (κ3) is 3.04. The molecule has 0 fully saturated rings. The minimum Gasteiger partial charge on any atom is -0.480 e. The summed E-state index contributed by atoms with van der Waals surface area (Å²) in [5, 5.41) is 12.0. The zero-order valence-electron chi connectivity index (χ0n) is 10.8. The van der Waals surface area contributed by atoms with E-state index in [9.17, 15) is 0 Å². The summed E-state index contributed by atoms with van der Waals surface area (Å²) < 4.78 is 8.05. The van der Waals surface area contributed by atoms with Gasteiger partial charge in [-0.05, 0) is 42.0 Å². The molecule has 0 aliphatic carbocycles. The normalized spacial score (nSPS) is 17.2. The first-order valence-electron chi connectivity index (χ1n) is 6.28. The fourth-order valence-electron chi connectivity index (χ4n) is 2.26. The minimum atomic E-state index is -0.289. The molecule has 1 aliphatic heterocycles. The van der Waals surface area contributed by atoms with Crippen molar-refractivity contribution in [3.05, 3.63) is 68.1 Å². The van der Waals surface area contributed by atoms with Crippen LogP contribution in [-0.2, 0) is 0 Å². The highest BCUT2D eigenvalue weighted by atomic mass is 79.9. The molecule has 0 spiro atoms. The second kappa shape index (κ2) is 6.03. The Morgan fingerprint density at radius 2 is 1.76 bits per heavy atom. The molecule has 0 radical (unpaired) electrons. The van der Waals surface area contributed by atoms with Crippen LogP contribution in [0.2, 0.25) is 0 Å². The van der Waals surface area contributed by atoms with Crippen molar-refractivity contribution in [3.63, 3.8) is 0 Å². The smallest absolute Gasteiger partial charge is 0.150 e. The van der Waals surface area contributed by atoms with Gasteiger partial charge in [0.15, 0.2) is 6.10 Å². The van der Waals surface area contributed by atoms with Gasteiger partial charge in [-0.25, -0.2) is 0 Å². The quantitative estimate of drug-likeness (QED) is 0.422. The summed E-state index contributed by atoms with van der Waals surface area (Å²) >= 11 is 6.87. The van der Waals surface area contributed by atoms with Gasteiger partial charge >= 0.3 is 0 Å². The van der Waals surface area contributed by atoms with Crippen LogP contribution in [0.25, 0.3) is 6.08 Å². The van der Waals surface area contributed by atoms with Crippen molar-refractivity contribution in [3.8, 4) is 5.75 Å². The molecule has 3 nitrogen and oxygen atoms in total. The topological polar surface area (TPSA) is 41.8 Å². The summed E-state index contributed by atoms with van der Waals surface area (Å²) in [6.07, 6.45) is 3.09. The largest absolute Gasteiger partial charge is 0.480 e. The number of oxime groups is 1. The number of rotatable bonds is 2. The highest BCUT2D eigenvalue weighted by Gasteiger charge is 2.23. The van der Waals surface area contributed by atoms with Crippen molar-refractivity contribution in [1.29, 1.82) is 0 Å². The van der Waals surface area contributed by atoms with Gasteiger partial charge in [0, 0.05) is 20.1 Å². The van der Waals surface area contributed by atoms with E-state index in [-0.39, 0.29) is 6.10 Å². The van der Waals surface area contributed by atoms with Crippen LogP contribution in [0, 0.1) is 0 Å². The fraction of sp³-hybridized carbons (Fsp3) is 0.0625. The van der Waals surface area contributed by atoms with Crippen molar-refractivity contribution in [2.45, 2.75) is 6.10 Å². The molecule has 2 aromatic rings. The maximum absolute atomic E-state index is 8.89. The molecule has 5 heteroatoms. The third-order valence-corrected chi connectivity index (χ3v) is 4.24. The summed E-state index contributed by atoms with van der Waals surface area (Å²) in [6.45, 7) is 0. The molecule has 0 saturated heterocycles. The molecular formula is C16H11Br2NO2. The van der Waals surface area contributed by atoms with Gasteiger partial charge in [0.05, 0.1) is 6.21 Å². The molecule has 106 valence electrons. The third-order valence-electron chi connectivity index (χ3n) is 3.22. The van der Waals surface area contributed by atoms with Crippen LogP contribution >= 0.6 is 31.9 Å². The monoisotopic (exact) mass is 407 g/mol. The summed E-state index contributed by atoms with van der Waals surface area (Å²) in [5.74, 6) is 0.807. The van der Waals surface area contributed by atoms with E-state index in [0.717, 1.165) is 31.4 Å². The van der Waals surface area contributed by atoms with E-state index in [2.05, 4.69) is 37.0 Å². The van der Waals surface area contributed by atoms with Crippen molar-refractivity contribution in [2.75, 3.05) is 0 Å². The van der Waals surface area contributed by atoms with Crippen LogP contribution in [0.3, 0.4) is 0 Å². The zero-order chi connectivity index (χ0) is 14.8. The van der Waals surface area contributed by atoms with Gasteiger partial charge in [0.1, 0.15) is 5.75 Å². The molecule has 1 unspecified atom stereocenters. The lowest BCUT2D eigenvalue weighted by Gasteiger charge is -2.26. The van der Waals surface area contributed by atoms with E-state index in [1.807, 2.05) is 48.5 Å². The fourth-order valence-corrected chi connectivity index (χ4v) is 2.90. The molecule has 1 atom stereocenters. The number of halogens is 2. The molecule has 2 aromatic carbocycles. The molecular weight excluding hydrogens is 398 g/mol. The Kier molecular flexibility index (Phi) is 4.12. The second-order valence-corrected chi connectivity index (χ2v) is 6.45. The minimum absolute atomic E-state index is 0.289. The maximum Gasteiger partial charge on any atom is 0.150 e. The molecule has 0 saturated carbocycles. The van der Waals surface area contributed by atoms with E-state index >= 15 is 0 Å². The summed E-state index contributed by atoms with van der Waals surface area (Å²) in [6, 6.07) is 13.7. The summed E-state index contributed by atoms with van der Waals surface area (Å²) in [5.41, 5.74) is 2.75. The first-order valence-corrected chi connectivity index (χ1v) is 7.86. The molecule has 0 bridgehead atoms. The van der Waals surface area contributed by atoms with Gasteiger partial charge in [-0.1, -0.05) is 49.1 Å². The van der Waals surface area contributed by atoms with Gasteiger partial charge in [0.25, 0.3) is 0 Å². The van der Waals surface area contributed by atoms with Gasteiger partial charge in [-0.3, -0.25) is 0 Å². The first kappa shape index (κ1) is 14.4. The molecule has 1 N–H and O–H groups in total. The predicted octanol–water partition coefficient (Wildman–Crippen LogP) is 5.19. The molecule has 3 rings (SSSR count). The molecule has 1 heterocycles. The predicted molar refractivity (Wildman–Crippen MR) is 89.9 cm³/mol. The van der Waals surface area contributed by atoms with Gasteiger partial charge in [-0.15, -0.1) is 0 Å². The van der Waals surface area contributed by atoms with Crippen molar-refractivity contribution in [1.82, 2.24) is 0 Å². The summed E-state index contributed by atoms with van der Waals surface area (Å²) in [4.78, 5) is 0. The lowest BCUT2D eigenvalue weighted by molar-refractivity contribution is 0.244. The zero-order valence-corrected chi connectivity index (χ0v) is 14.0. The summed E-state index contributed by atoms with van der Waals surface area (Å²) in [7, 11) is 0. The van der Waals surface area contributed by atoms with E-state index in [0.29, 0.717) is 0 Å². The van der Waals surface area contributed by atoms with Crippen LogP contribution < -0.4 is 4.74 Å². The Morgan fingerprint density at radius 3 is 2.48 bits per heavy atom. The number of benzene rings is 2. The molecule has 0 aromatic heterocycles. The Balaban J connectivity index is 2.06. The molecule has 0 amide bonds. The number of hydrogen-bond acceptors (Lipinski definition) is 3. The SMILES string of the molecule is O/N=C/C1=Cc2cc(Br)ccc2OC1c1ccc(Br)cc1. The van der Waals surface area contributed by atoms with Crippen LogP contribution in [0.4, 0.5) is 0 Å². The van der Waals surface area contributed by atoms with Crippen molar-refractivity contribution in [2.24, 2.45) is 5.16 Å². The van der Waals surface area contributed by atoms with Crippen LogP contribution in [0.15, 0.2) is 62.1 Å². The van der Waals surface area contributed by atoms with Gasteiger partial charge in [-0.2, -0.15) is 0 Å². The Morgan fingerprint density at radius 1 is 1.05 bits per heavy atom. The Labute approximate surface area is 139 Å². The lowest BCUT2D eigenvalue weighted by atomic mass is 9.97. The number of fused-ring (bicyclic) bond motifs is 1. The van der Waals surface area contributed by atoms with Crippen LogP contribution in [0.1, 0.15) is 17.2 Å². The van der Waals surface area contributed by atoms with Gasteiger partial charge in [0.2, 0.25) is 0 Å². The van der Waals surface area contributed by atoms with E-state index in [1.54, 1.807) is 0 Å². The molecule has 21 heavy (non-hydrogen) atoms. The number of hydrogen-bond donors (Lipinski definition) is 1. The average Bonchev–Trinajstić information content (AvgIpc) is 2.48. The van der Waals surface area contributed by atoms with Gasteiger partial charge < -0.3 is 9.94 Å². The van der Waals surface area contributed by atoms with E-state index in [4.69, 9.17) is 9.94 Å². The Bertz CT molecular complexity index is 724. The lowest BCUT2D eigenvalue weighted by Crippen LogP contribution is -2.15. The highest BCUT2D eigenvalue weighted by Crippen LogP contribution is 2.38. The van der Waals surface area contributed by atoms with E-state index in [1.165, 1.54) is 6.21 Å². The van der Waals surface area contributed by atoms with Crippen molar-refractivity contribution >= 4 is 44.2 Å². The highest BCUT2D eigenvalue weighted by molar-refractivity contribution is 9.10. The molecule has 1 aliphatic rings. The number of nitrogens with zero attached hydrogens (tertiary/aromatic N) is 1. The standard InChI is InChI=1S/C16H11Br2NO2/c17-13-3-1-10(2-4-13)16-12(9-19-20)7-11-8-14(18)5-6-15(11)21-16/h1-9,16,20H/b19-9+. The maximum atomic E-state index is 8.89. The Hall–Kier alpha value is -1.59. The van der Waals surface area contributed by atoms with Crippen LogP contribution in [0.5, 0.6) is 5.75 Å². The average molecular weight is 409 g/mol. The van der Waals surface area contributed by atoms with Crippen LogP contribution in [-0.4, -0.2) is 11.4 Å².